The minimum Gasteiger partial charge on any atom is -0.395 e. The van der Waals surface area contributed by atoms with Gasteiger partial charge in [-0.25, -0.2) is 0 Å². The average molecular weight is 342 g/mol. The lowest BCUT2D eigenvalue weighted by Crippen LogP contribution is -2.36. The number of hydrogen-bond donors (Lipinski definition) is 3. The first-order chi connectivity index (χ1) is 10.2. The SMILES string of the molecule is Cl.O=C(N[C@@H]1CN[C@H](CO)C1)c1c(Cl)ccc2ncccc12. The Bertz CT molecular complexity index is 681. The minimum atomic E-state index is -0.205. The van der Waals surface area contributed by atoms with Crippen LogP contribution >= 0.6 is 24.0 Å². The Morgan fingerprint density at radius 2 is 2.27 bits per heavy atom. The molecule has 5 nitrogen and oxygen atoms in total. The van der Waals surface area contributed by atoms with Gasteiger partial charge in [0.15, 0.2) is 0 Å². The van der Waals surface area contributed by atoms with Crippen LogP contribution in [-0.2, 0) is 0 Å². The smallest absolute Gasteiger partial charge is 0.253 e. The van der Waals surface area contributed by atoms with Crippen molar-refractivity contribution in [1.29, 1.82) is 0 Å². The van der Waals surface area contributed by atoms with Crippen LogP contribution in [0.15, 0.2) is 30.5 Å². The van der Waals surface area contributed by atoms with Crippen LogP contribution in [0.4, 0.5) is 0 Å². The molecular formula is C15H17Cl2N3O2. The van der Waals surface area contributed by atoms with Gasteiger partial charge in [0, 0.05) is 30.2 Å². The minimum absolute atomic E-state index is 0. The summed E-state index contributed by atoms with van der Waals surface area (Å²) in [5, 5.41) is 16.4. The van der Waals surface area contributed by atoms with Crippen molar-refractivity contribution < 1.29 is 9.90 Å². The third-order valence-corrected chi connectivity index (χ3v) is 4.05. The number of halogens is 2. The summed E-state index contributed by atoms with van der Waals surface area (Å²) in [6.07, 6.45) is 2.40. The molecule has 2 aromatic rings. The number of nitrogens with zero attached hydrogens (tertiary/aromatic N) is 1. The number of carbonyl (C=O) groups excluding carboxylic acids is 1. The highest BCUT2D eigenvalue weighted by molar-refractivity contribution is 6.35. The van der Waals surface area contributed by atoms with Gasteiger partial charge in [-0.15, -0.1) is 12.4 Å². The van der Waals surface area contributed by atoms with Crippen LogP contribution in [0.3, 0.4) is 0 Å². The Hall–Kier alpha value is -1.40. The number of rotatable bonds is 3. The second-order valence-electron chi connectivity index (χ2n) is 5.19. The van der Waals surface area contributed by atoms with Gasteiger partial charge in [-0.3, -0.25) is 9.78 Å². The number of carbonyl (C=O) groups is 1. The summed E-state index contributed by atoms with van der Waals surface area (Å²) in [5.74, 6) is -0.205. The van der Waals surface area contributed by atoms with Crippen LogP contribution in [0.2, 0.25) is 5.02 Å². The average Bonchev–Trinajstić information content (AvgIpc) is 2.94. The highest BCUT2D eigenvalue weighted by atomic mass is 35.5. The van der Waals surface area contributed by atoms with Gasteiger partial charge < -0.3 is 15.7 Å². The molecule has 0 unspecified atom stereocenters. The molecule has 1 aromatic heterocycles. The number of nitrogens with one attached hydrogen (secondary N) is 2. The quantitative estimate of drug-likeness (QED) is 0.795. The summed E-state index contributed by atoms with van der Waals surface area (Å²) in [6.45, 7) is 0.725. The molecule has 3 rings (SSSR count). The molecule has 0 bridgehead atoms. The molecule has 2 heterocycles. The van der Waals surface area contributed by atoms with E-state index in [1.165, 1.54) is 0 Å². The summed E-state index contributed by atoms with van der Waals surface area (Å²) in [4.78, 5) is 16.8. The zero-order chi connectivity index (χ0) is 14.8. The van der Waals surface area contributed by atoms with Crippen LogP contribution in [0, 0.1) is 0 Å². The topological polar surface area (TPSA) is 74.2 Å². The highest BCUT2D eigenvalue weighted by Gasteiger charge is 2.26. The molecule has 2 atom stereocenters. The predicted octanol–water partition coefficient (Wildman–Crippen LogP) is 1.76. The number of aliphatic hydroxyl groups excluding tert-OH is 1. The number of benzene rings is 1. The Labute approximate surface area is 139 Å². The fraction of sp³-hybridized carbons (Fsp3) is 0.333. The van der Waals surface area contributed by atoms with E-state index in [2.05, 4.69) is 15.6 Å². The van der Waals surface area contributed by atoms with Crippen molar-refractivity contribution in [3.05, 3.63) is 41.0 Å². The third-order valence-electron chi connectivity index (χ3n) is 3.74. The van der Waals surface area contributed by atoms with Crippen molar-refractivity contribution in [3.63, 3.8) is 0 Å². The third kappa shape index (κ3) is 3.33. The zero-order valence-electron chi connectivity index (χ0n) is 11.8. The molecule has 0 saturated carbocycles. The zero-order valence-corrected chi connectivity index (χ0v) is 13.3. The number of fused-ring (bicyclic) bond motifs is 1. The number of aromatic nitrogens is 1. The van der Waals surface area contributed by atoms with E-state index in [-0.39, 0.29) is 37.0 Å². The molecule has 7 heteroatoms. The van der Waals surface area contributed by atoms with Gasteiger partial charge >= 0.3 is 0 Å². The number of aliphatic hydroxyl groups is 1. The van der Waals surface area contributed by atoms with Gasteiger partial charge in [0.05, 0.1) is 22.7 Å². The maximum Gasteiger partial charge on any atom is 0.253 e. The Balaban J connectivity index is 0.00000176. The van der Waals surface area contributed by atoms with Gasteiger partial charge in [0.25, 0.3) is 5.91 Å². The largest absolute Gasteiger partial charge is 0.395 e. The number of hydrogen-bond acceptors (Lipinski definition) is 4. The van der Waals surface area contributed by atoms with Crippen LogP contribution in [0.1, 0.15) is 16.8 Å². The summed E-state index contributed by atoms with van der Waals surface area (Å²) in [5.41, 5.74) is 1.19. The van der Waals surface area contributed by atoms with E-state index in [4.69, 9.17) is 16.7 Å². The van der Waals surface area contributed by atoms with E-state index in [1.54, 1.807) is 24.4 Å². The molecule has 1 aliphatic rings. The fourth-order valence-electron chi connectivity index (χ4n) is 2.68. The number of amides is 1. The second-order valence-corrected chi connectivity index (χ2v) is 5.59. The molecule has 1 fully saturated rings. The summed E-state index contributed by atoms with van der Waals surface area (Å²) >= 11 is 6.20. The van der Waals surface area contributed by atoms with Crippen LogP contribution in [-0.4, -0.2) is 41.2 Å². The van der Waals surface area contributed by atoms with Gasteiger partial charge in [0.1, 0.15) is 0 Å². The van der Waals surface area contributed by atoms with Gasteiger partial charge in [-0.05, 0) is 24.6 Å². The van der Waals surface area contributed by atoms with E-state index < -0.39 is 0 Å². The molecule has 1 aliphatic heterocycles. The van der Waals surface area contributed by atoms with Crippen molar-refractivity contribution in [2.45, 2.75) is 18.5 Å². The molecule has 1 amide bonds. The van der Waals surface area contributed by atoms with E-state index in [0.717, 1.165) is 10.9 Å². The molecule has 1 saturated heterocycles. The normalized spacial score (nSPS) is 20.6. The fourth-order valence-corrected chi connectivity index (χ4v) is 2.93. The molecule has 0 aliphatic carbocycles. The van der Waals surface area contributed by atoms with Crippen molar-refractivity contribution in [3.8, 4) is 0 Å². The van der Waals surface area contributed by atoms with Crippen LogP contribution in [0.5, 0.6) is 0 Å². The highest BCUT2D eigenvalue weighted by Crippen LogP contribution is 2.25. The number of pyridine rings is 1. The van der Waals surface area contributed by atoms with E-state index in [0.29, 0.717) is 23.6 Å². The summed E-state index contributed by atoms with van der Waals surface area (Å²) in [7, 11) is 0. The first-order valence-corrected chi connectivity index (χ1v) is 7.25. The van der Waals surface area contributed by atoms with Crippen LogP contribution in [0.25, 0.3) is 10.9 Å². The lowest BCUT2D eigenvalue weighted by Gasteiger charge is -2.14. The molecule has 118 valence electrons. The Kier molecular flexibility index (Phi) is 5.58. The Morgan fingerprint density at radius 1 is 1.45 bits per heavy atom. The maximum atomic E-state index is 12.5. The molecular weight excluding hydrogens is 325 g/mol. The van der Waals surface area contributed by atoms with Crippen molar-refractivity contribution in [1.82, 2.24) is 15.6 Å². The first kappa shape index (κ1) is 17.0. The van der Waals surface area contributed by atoms with Gasteiger partial charge in [-0.2, -0.15) is 0 Å². The standard InChI is InChI=1S/C15H16ClN3O2.ClH/c16-12-3-4-13-11(2-1-5-17-13)14(12)15(21)19-9-6-10(8-20)18-7-9;/h1-5,9-10,18,20H,6-8H2,(H,19,21);1H/t9-,10-;/m0./s1. The van der Waals surface area contributed by atoms with E-state index in [1.807, 2.05) is 6.07 Å². The molecule has 1 aromatic carbocycles. The summed E-state index contributed by atoms with van der Waals surface area (Å²) < 4.78 is 0. The summed E-state index contributed by atoms with van der Waals surface area (Å²) in [6, 6.07) is 7.15. The monoisotopic (exact) mass is 341 g/mol. The van der Waals surface area contributed by atoms with Gasteiger partial charge in [-0.1, -0.05) is 17.7 Å². The molecule has 0 spiro atoms. The maximum absolute atomic E-state index is 12.5. The molecule has 22 heavy (non-hydrogen) atoms. The van der Waals surface area contributed by atoms with Crippen LogP contribution < -0.4 is 10.6 Å². The van der Waals surface area contributed by atoms with Crippen molar-refractivity contribution in [2.24, 2.45) is 0 Å². The predicted molar refractivity (Wildman–Crippen MR) is 88.7 cm³/mol. The lowest BCUT2D eigenvalue weighted by molar-refractivity contribution is 0.0941. The first-order valence-electron chi connectivity index (χ1n) is 6.87. The molecule has 3 N–H and O–H groups in total. The second kappa shape index (κ2) is 7.24. The van der Waals surface area contributed by atoms with Crippen molar-refractivity contribution in [2.75, 3.05) is 13.2 Å². The lowest BCUT2D eigenvalue weighted by atomic mass is 10.1. The Morgan fingerprint density at radius 3 is 3.00 bits per heavy atom. The van der Waals surface area contributed by atoms with Crippen molar-refractivity contribution >= 4 is 40.8 Å². The van der Waals surface area contributed by atoms with E-state index in [9.17, 15) is 4.79 Å². The van der Waals surface area contributed by atoms with Gasteiger partial charge in [0.2, 0.25) is 0 Å². The van der Waals surface area contributed by atoms with E-state index >= 15 is 0 Å². The molecule has 0 radical (unpaired) electrons.